The van der Waals surface area contributed by atoms with Gasteiger partial charge in [-0.1, -0.05) is 0 Å². The summed E-state index contributed by atoms with van der Waals surface area (Å²) in [5.74, 6) is -3.85. The molecule has 22 heavy (non-hydrogen) atoms. The average Bonchev–Trinajstić information content (AvgIpc) is 2.74. The summed E-state index contributed by atoms with van der Waals surface area (Å²) in [7, 11) is 0. The van der Waals surface area contributed by atoms with E-state index in [4.69, 9.17) is 5.11 Å². The molecular formula is C12H13F3N2O4S. The molecule has 0 saturated heterocycles. The molecule has 0 aliphatic heterocycles. The summed E-state index contributed by atoms with van der Waals surface area (Å²) in [6, 6.07) is 1.35. The van der Waals surface area contributed by atoms with Crippen LogP contribution in [0.5, 0.6) is 0 Å². The molecule has 0 aliphatic carbocycles. The van der Waals surface area contributed by atoms with Crippen molar-refractivity contribution in [2.45, 2.75) is 25.9 Å². The third kappa shape index (κ3) is 5.35. The number of carbonyl (C=O) groups is 3. The topological polar surface area (TPSA) is 95.5 Å². The number of hydrogen-bond acceptors (Lipinski definition) is 4. The van der Waals surface area contributed by atoms with E-state index in [1.165, 1.54) is 6.07 Å². The molecule has 0 bridgehead atoms. The fourth-order valence-corrected chi connectivity index (χ4v) is 2.39. The monoisotopic (exact) mass is 338 g/mol. The number of hydrogen-bond donors (Lipinski definition) is 3. The van der Waals surface area contributed by atoms with Crippen LogP contribution in [0.4, 0.5) is 18.2 Å². The van der Waals surface area contributed by atoms with Crippen LogP contribution in [-0.4, -0.2) is 35.6 Å². The van der Waals surface area contributed by atoms with Crippen LogP contribution in [0.25, 0.3) is 0 Å². The highest BCUT2D eigenvalue weighted by molar-refractivity contribution is 7.16. The molecular weight excluding hydrogens is 325 g/mol. The first-order valence-electron chi connectivity index (χ1n) is 6.10. The minimum absolute atomic E-state index is 0.0622. The van der Waals surface area contributed by atoms with Crippen LogP contribution in [0.3, 0.4) is 0 Å². The fraction of sp³-hybridized carbons (Fsp3) is 0.417. The number of nitrogens with one attached hydrogen (secondary N) is 2. The first-order valence-corrected chi connectivity index (χ1v) is 6.91. The van der Waals surface area contributed by atoms with Gasteiger partial charge in [0.1, 0.15) is 5.00 Å². The Morgan fingerprint density at radius 2 is 1.95 bits per heavy atom. The Bertz CT molecular complexity index is 583. The standard InChI is InChI=1S/C12H13F3N2O4S/c1-6-5-7(9(20)16-4-2-3-8(18)19)10(22-6)17-11(21)12(13,14)15/h5H,2-4H2,1H3,(H,16,20)(H,17,21)(H,18,19). The lowest BCUT2D eigenvalue weighted by molar-refractivity contribution is -0.167. The van der Waals surface area contributed by atoms with Crippen molar-refractivity contribution in [2.24, 2.45) is 0 Å². The largest absolute Gasteiger partial charge is 0.481 e. The van der Waals surface area contributed by atoms with Gasteiger partial charge in [-0.2, -0.15) is 13.2 Å². The van der Waals surface area contributed by atoms with Gasteiger partial charge in [-0.3, -0.25) is 14.4 Å². The summed E-state index contributed by atoms with van der Waals surface area (Å²) in [5.41, 5.74) is -0.0876. The van der Waals surface area contributed by atoms with Crippen molar-refractivity contribution >= 4 is 34.1 Å². The third-order valence-corrected chi connectivity index (χ3v) is 3.40. The molecule has 0 radical (unpaired) electrons. The molecule has 1 heterocycles. The number of alkyl halides is 3. The first-order chi connectivity index (χ1) is 10.1. The molecule has 10 heteroatoms. The highest BCUT2D eigenvalue weighted by Gasteiger charge is 2.39. The lowest BCUT2D eigenvalue weighted by Gasteiger charge is -2.08. The summed E-state index contributed by atoms with van der Waals surface area (Å²) < 4.78 is 36.7. The van der Waals surface area contributed by atoms with Gasteiger partial charge in [0, 0.05) is 17.8 Å². The van der Waals surface area contributed by atoms with Gasteiger partial charge in [-0.25, -0.2) is 0 Å². The lowest BCUT2D eigenvalue weighted by Crippen LogP contribution is -2.31. The van der Waals surface area contributed by atoms with E-state index in [2.05, 4.69) is 5.32 Å². The number of thiophene rings is 1. The van der Waals surface area contributed by atoms with Gasteiger partial charge in [0.25, 0.3) is 5.91 Å². The Morgan fingerprint density at radius 3 is 2.50 bits per heavy atom. The Labute approximate surface area is 127 Å². The summed E-state index contributed by atoms with van der Waals surface area (Å²) in [6.45, 7) is 1.64. The van der Waals surface area contributed by atoms with Crippen molar-refractivity contribution in [2.75, 3.05) is 11.9 Å². The molecule has 0 aliphatic rings. The van der Waals surface area contributed by atoms with Gasteiger partial charge < -0.3 is 15.7 Å². The molecule has 6 nitrogen and oxygen atoms in total. The number of aliphatic carboxylic acids is 1. The minimum atomic E-state index is -5.05. The summed E-state index contributed by atoms with van der Waals surface area (Å²) in [6.07, 6.45) is -5.00. The summed E-state index contributed by atoms with van der Waals surface area (Å²) in [5, 5.41) is 12.3. The molecule has 1 aromatic rings. The van der Waals surface area contributed by atoms with E-state index in [9.17, 15) is 27.6 Å². The molecule has 0 saturated carbocycles. The van der Waals surface area contributed by atoms with Crippen LogP contribution in [0.2, 0.25) is 0 Å². The van der Waals surface area contributed by atoms with Crippen LogP contribution in [0, 0.1) is 6.92 Å². The second kappa shape index (κ2) is 7.25. The van der Waals surface area contributed by atoms with Crippen molar-refractivity contribution in [1.82, 2.24) is 5.32 Å². The highest BCUT2D eigenvalue weighted by Crippen LogP contribution is 2.29. The van der Waals surface area contributed by atoms with Gasteiger partial charge in [-0.15, -0.1) is 11.3 Å². The SMILES string of the molecule is Cc1cc(C(=O)NCCCC(=O)O)c(NC(=O)C(F)(F)F)s1. The number of carboxylic acids is 1. The summed E-state index contributed by atoms with van der Waals surface area (Å²) >= 11 is 0.844. The maximum absolute atomic E-state index is 12.2. The quantitative estimate of drug-likeness (QED) is 0.693. The molecule has 1 aromatic heterocycles. The average molecular weight is 338 g/mol. The molecule has 0 spiro atoms. The summed E-state index contributed by atoms with van der Waals surface area (Å²) in [4.78, 5) is 33.7. The minimum Gasteiger partial charge on any atom is -0.481 e. The second-order valence-corrected chi connectivity index (χ2v) is 5.56. The van der Waals surface area contributed by atoms with E-state index < -0.39 is 24.0 Å². The van der Waals surface area contributed by atoms with E-state index in [1.54, 1.807) is 12.2 Å². The van der Waals surface area contributed by atoms with E-state index in [0.717, 1.165) is 11.3 Å². The maximum Gasteiger partial charge on any atom is 0.471 e. The van der Waals surface area contributed by atoms with E-state index in [0.29, 0.717) is 4.88 Å². The smallest absolute Gasteiger partial charge is 0.471 e. The Kier molecular flexibility index (Phi) is 5.92. The molecule has 0 atom stereocenters. The maximum atomic E-state index is 12.2. The molecule has 3 N–H and O–H groups in total. The fourth-order valence-electron chi connectivity index (χ4n) is 1.49. The highest BCUT2D eigenvalue weighted by atomic mass is 32.1. The van der Waals surface area contributed by atoms with Crippen molar-refractivity contribution in [3.8, 4) is 0 Å². The number of rotatable bonds is 6. The number of carboxylic acid groups (broad SMARTS) is 1. The Hall–Kier alpha value is -2.10. The van der Waals surface area contributed by atoms with E-state index in [-0.39, 0.29) is 30.0 Å². The predicted octanol–water partition coefficient (Wildman–Crippen LogP) is 2.15. The van der Waals surface area contributed by atoms with Crippen LogP contribution in [-0.2, 0) is 9.59 Å². The number of anilines is 1. The molecule has 1 rings (SSSR count). The molecule has 2 amide bonds. The van der Waals surface area contributed by atoms with Crippen LogP contribution < -0.4 is 10.6 Å². The van der Waals surface area contributed by atoms with Crippen molar-refractivity contribution in [1.29, 1.82) is 0 Å². The lowest BCUT2D eigenvalue weighted by atomic mass is 10.2. The zero-order valence-corrected chi connectivity index (χ0v) is 12.2. The van der Waals surface area contributed by atoms with E-state index >= 15 is 0 Å². The van der Waals surface area contributed by atoms with Crippen LogP contribution in [0.15, 0.2) is 6.07 Å². The molecule has 0 unspecified atom stereocenters. The first kappa shape index (κ1) is 18.0. The zero-order chi connectivity index (χ0) is 16.9. The van der Waals surface area contributed by atoms with Crippen LogP contribution >= 0.6 is 11.3 Å². The predicted molar refractivity (Wildman–Crippen MR) is 72.9 cm³/mol. The molecule has 0 fully saturated rings. The molecule has 122 valence electrons. The third-order valence-electron chi connectivity index (χ3n) is 2.44. The number of amides is 2. The number of halogens is 3. The zero-order valence-electron chi connectivity index (χ0n) is 11.4. The Balaban J connectivity index is 2.72. The van der Waals surface area contributed by atoms with Gasteiger partial charge >= 0.3 is 18.1 Å². The van der Waals surface area contributed by atoms with Crippen molar-refractivity contribution < 1.29 is 32.7 Å². The number of carbonyl (C=O) groups excluding carboxylic acids is 2. The number of aryl methyl sites for hydroxylation is 1. The Morgan fingerprint density at radius 1 is 1.32 bits per heavy atom. The van der Waals surface area contributed by atoms with Crippen LogP contribution in [0.1, 0.15) is 28.1 Å². The van der Waals surface area contributed by atoms with Gasteiger partial charge in [0.05, 0.1) is 5.56 Å². The van der Waals surface area contributed by atoms with Gasteiger partial charge in [0.2, 0.25) is 0 Å². The van der Waals surface area contributed by atoms with Gasteiger partial charge in [0.15, 0.2) is 0 Å². The van der Waals surface area contributed by atoms with Gasteiger partial charge in [-0.05, 0) is 19.4 Å². The molecule has 0 aromatic carbocycles. The second-order valence-electron chi connectivity index (χ2n) is 4.30. The normalized spacial score (nSPS) is 11.1. The van der Waals surface area contributed by atoms with Crippen molar-refractivity contribution in [3.05, 3.63) is 16.5 Å². The van der Waals surface area contributed by atoms with Crippen molar-refractivity contribution in [3.63, 3.8) is 0 Å². The van der Waals surface area contributed by atoms with E-state index in [1.807, 2.05) is 0 Å².